The van der Waals surface area contributed by atoms with Crippen molar-refractivity contribution in [2.24, 2.45) is 0 Å². The van der Waals surface area contributed by atoms with Crippen molar-refractivity contribution in [2.45, 2.75) is 29.9 Å². The van der Waals surface area contributed by atoms with Gasteiger partial charge in [-0.15, -0.1) is 11.6 Å². The molecule has 4 nitrogen and oxygen atoms in total. The summed E-state index contributed by atoms with van der Waals surface area (Å²) < 4.78 is 40.2. The molecule has 2 aliphatic rings. The highest BCUT2D eigenvalue weighted by Crippen LogP contribution is 2.43. The maximum absolute atomic E-state index is 13.4. The minimum Gasteiger partial charge on any atom is -0.342 e. The summed E-state index contributed by atoms with van der Waals surface area (Å²) in [5.41, 5.74) is -0.811. The molecule has 152 valence electrons. The number of fused-ring (bicyclic) bond motifs is 2. The first-order valence-electron chi connectivity index (χ1n) is 9.26. The summed E-state index contributed by atoms with van der Waals surface area (Å²) in [6.07, 6.45) is -3.46. The molecular weight excluding hydrogens is 405 g/mol. The number of piperidine rings is 1. The molecule has 1 fully saturated rings. The van der Waals surface area contributed by atoms with Gasteiger partial charge < -0.3 is 10.6 Å². The molecule has 0 aliphatic carbocycles. The number of carbonyl (C=O) groups is 2. The van der Waals surface area contributed by atoms with E-state index in [2.05, 4.69) is 10.6 Å². The first-order valence-corrected chi connectivity index (χ1v) is 9.69. The molecule has 2 aliphatic heterocycles. The third-order valence-electron chi connectivity index (χ3n) is 5.63. The van der Waals surface area contributed by atoms with Crippen LogP contribution in [0.25, 0.3) is 0 Å². The lowest BCUT2D eigenvalue weighted by Crippen LogP contribution is -2.48. The number of halogens is 4. The number of carbonyl (C=O) groups excluding carboxylic acids is 2. The molecule has 1 unspecified atom stereocenters. The van der Waals surface area contributed by atoms with Crippen LogP contribution in [-0.4, -0.2) is 24.8 Å². The second-order valence-corrected chi connectivity index (χ2v) is 7.76. The van der Waals surface area contributed by atoms with Crippen LogP contribution in [0, 0.1) is 0 Å². The lowest BCUT2D eigenvalue weighted by molar-refractivity contribution is -0.138. The zero-order valence-electron chi connectivity index (χ0n) is 15.3. The van der Waals surface area contributed by atoms with Crippen LogP contribution < -0.4 is 10.6 Å². The Hall–Kier alpha value is -2.38. The van der Waals surface area contributed by atoms with Crippen LogP contribution >= 0.6 is 11.6 Å². The average Bonchev–Trinajstić information content (AvgIpc) is 2.98. The summed E-state index contributed by atoms with van der Waals surface area (Å²) in [5.74, 6) is -0.923. The second-order valence-electron chi connectivity index (χ2n) is 7.33. The normalized spacial score (nSPS) is 19.0. The smallest absolute Gasteiger partial charge is 0.342 e. The van der Waals surface area contributed by atoms with Crippen molar-refractivity contribution in [2.75, 3.05) is 13.1 Å². The summed E-state index contributed by atoms with van der Waals surface area (Å²) in [6, 6.07) is 9.53. The highest BCUT2D eigenvalue weighted by atomic mass is 35.5. The van der Waals surface area contributed by atoms with E-state index in [-0.39, 0.29) is 17.0 Å². The van der Waals surface area contributed by atoms with Crippen molar-refractivity contribution in [1.82, 2.24) is 10.6 Å². The van der Waals surface area contributed by atoms with Gasteiger partial charge in [-0.25, -0.2) is 0 Å². The highest BCUT2D eigenvalue weighted by molar-refractivity contribution is 6.34. The third-order valence-corrected chi connectivity index (χ3v) is 6.07. The van der Waals surface area contributed by atoms with Crippen molar-refractivity contribution in [1.29, 1.82) is 0 Å². The monoisotopic (exact) mass is 422 g/mol. The number of alkyl halides is 4. The van der Waals surface area contributed by atoms with Crippen LogP contribution in [0.3, 0.4) is 0 Å². The number of nitrogens with one attached hydrogen (secondary N) is 2. The van der Waals surface area contributed by atoms with Gasteiger partial charge in [0.2, 0.25) is 0 Å². The van der Waals surface area contributed by atoms with Gasteiger partial charge in [-0.1, -0.05) is 30.3 Å². The molecule has 1 amide bonds. The maximum atomic E-state index is 13.4. The summed E-state index contributed by atoms with van der Waals surface area (Å²) in [7, 11) is 0. The molecule has 8 heteroatoms. The van der Waals surface area contributed by atoms with E-state index in [0.717, 1.165) is 6.07 Å². The van der Waals surface area contributed by atoms with Crippen molar-refractivity contribution in [3.8, 4) is 0 Å². The Bertz CT molecular complexity index is 984. The quantitative estimate of drug-likeness (QED) is 0.576. The van der Waals surface area contributed by atoms with Gasteiger partial charge in [0, 0.05) is 16.7 Å². The Morgan fingerprint density at radius 1 is 1.07 bits per heavy atom. The lowest BCUT2D eigenvalue weighted by Gasteiger charge is -2.36. The second kappa shape index (κ2) is 7.15. The molecule has 1 spiro atoms. The topological polar surface area (TPSA) is 58.2 Å². The van der Waals surface area contributed by atoms with E-state index < -0.39 is 28.4 Å². The summed E-state index contributed by atoms with van der Waals surface area (Å²) in [4.78, 5) is 25.8. The molecular formula is C21H18ClF3N2O2. The number of benzene rings is 2. The number of hydrogen-bond acceptors (Lipinski definition) is 3. The Kier molecular flexibility index (Phi) is 4.91. The first kappa shape index (κ1) is 19.9. The van der Waals surface area contributed by atoms with Gasteiger partial charge in [-0.05, 0) is 43.6 Å². The molecule has 29 heavy (non-hydrogen) atoms. The van der Waals surface area contributed by atoms with E-state index in [1.54, 1.807) is 12.1 Å². The molecule has 4 rings (SSSR count). The van der Waals surface area contributed by atoms with Gasteiger partial charge in [0.15, 0.2) is 5.78 Å². The van der Waals surface area contributed by atoms with Crippen LogP contribution in [0.4, 0.5) is 13.2 Å². The molecule has 0 saturated carbocycles. The van der Waals surface area contributed by atoms with E-state index in [0.29, 0.717) is 37.1 Å². The summed E-state index contributed by atoms with van der Waals surface area (Å²) >= 11 is 6.30. The predicted octanol–water partition coefficient (Wildman–Crippen LogP) is 4.19. The predicted molar refractivity (Wildman–Crippen MR) is 102 cm³/mol. The van der Waals surface area contributed by atoms with Crippen LogP contribution in [0.1, 0.15) is 55.6 Å². The standard InChI is InChI=1S/C21H18ClF3N2O2/c22-17(12-4-1-2-7-15(12)21(23,24)25)18(28)13-5-3-6-14-16(13)20(27-19(14)29)8-10-26-11-9-20/h1-7,17,26H,8-11H2,(H,27,29). The van der Waals surface area contributed by atoms with Crippen LogP contribution in [-0.2, 0) is 11.7 Å². The molecule has 2 heterocycles. The van der Waals surface area contributed by atoms with E-state index in [1.807, 2.05) is 0 Å². The van der Waals surface area contributed by atoms with E-state index in [4.69, 9.17) is 11.6 Å². The zero-order valence-corrected chi connectivity index (χ0v) is 16.0. The lowest BCUT2D eigenvalue weighted by atomic mass is 9.78. The molecule has 2 aromatic carbocycles. The first-order chi connectivity index (χ1) is 13.7. The van der Waals surface area contributed by atoms with Gasteiger partial charge >= 0.3 is 6.18 Å². The van der Waals surface area contributed by atoms with Gasteiger partial charge in [0.05, 0.1) is 11.1 Å². The Morgan fingerprint density at radius 3 is 2.45 bits per heavy atom. The van der Waals surface area contributed by atoms with E-state index >= 15 is 0 Å². The Morgan fingerprint density at radius 2 is 1.76 bits per heavy atom. The Balaban J connectivity index is 1.80. The fraction of sp³-hybridized carbons (Fsp3) is 0.333. The SMILES string of the molecule is O=C1NC2(CCNCC2)c2c1cccc2C(=O)C(Cl)c1ccccc1C(F)(F)F. The fourth-order valence-corrected chi connectivity index (χ4v) is 4.60. The average molecular weight is 423 g/mol. The van der Waals surface area contributed by atoms with Gasteiger partial charge in [0.1, 0.15) is 5.38 Å². The highest BCUT2D eigenvalue weighted by Gasteiger charge is 2.46. The maximum Gasteiger partial charge on any atom is 0.416 e. The fourth-order valence-electron chi connectivity index (χ4n) is 4.29. The van der Waals surface area contributed by atoms with Crippen molar-refractivity contribution in [3.63, 3.8) is 0 Å². The molecule has 2 N–H and O–H groups in total. The van der Waals surface area contributed by atoms with Gasteiger partial charge in [-0.2, -0.15) is 13.2 Å². The number of hydrogen-bond donors (Lipinski definition) is 2. The van der Waals surface area contributed by atoms with Gasteiger partial charge in [0.25, 0.3) is 5.91 Å². The molecule has 1 atom stereocenters. The number of ketones is 1. The third kappa shape index (κ3) is 3.32. The van der Waals surface area contributed by atoms with Crippen molar-refractivity contribution < 1.29 is 22.8 Å². The van der Waals surface area contributed by atoms with Crippen molar-refractivity contribution in [3.05, 3.63) is 70.3 Å². The van der Waals surface area contributed by atoms with Crippen LogP contribution in [0.2, 0.25) is 0 Å². The van der Waals surface area contributed by atoms with Crippen molar-refractivity contribution >= 4 is 23.3 Å². The number of amides is 1. The molecule has 0 aromatic heterocycles. The van der Waals surface area contributed by atoms with E-state index in [9.17, 15) is 22.8 Å². The summed E-state index contributed by atoms with van der Waals surface area (Å²) in [6.45, 7) is 1.31. The minimum absolute atomic E-state index is 0.194. The van der Waals surface area contributed by atoms with Gasteiger partial charge in [-0.3, -0.25) is 9.59 Å². The largest absolute Gasteiger partial charge is 0.416 e. The minimum atomic E-state index is -4.63. The van der Waals surface area contributed by atoms with Crippen LogP contribution in [0.15, 0.2) is 42.5 Å². The summed E-state index contributed by atoms with van der Waals surface area (Å²) in [5, 5.41) is 4.69. The van der Waals surface area contributed by atoms with Crippen LogP contribution in [0.5, 0.6) is 0 Å². The molecule has 1 saturated heterocycles. The number of rotatable bonds is 3. The molecule has 0 bridgehead atoms. The van der Waals surface area contributed by atoms with E-state index in [1.165, 1.54) is 24.3 Å². The number of Topliss-reactive ketones (excluding diaryl/α,β-unsaturated/α-hetero) is 1. The zero-order chi connectivity index (χ0) is 20.8. The molecule has 0 radical (unpaired) electrons. The Labute approximate surface area is 170 Å². The molecule has 2 aromatic rings.